The fourth-order valence-electron chi connectivity index (χ4n) is 0.837. The molecule has 0 radical (unpaired) electrons. The fraction of sp³-hybridized carbons (Fsp3) is 0.286. The van der Waals surface area contributed by atoms with Crippen molar-refractivity contribution in [2.45, 2.75) is 6.10 Å². The summed E-state index contributed by atoms with van der Waals surface area (Å²) in [6.07, 6.45) is 4.13. The minimum atomic E-state index is 0.471. The summed E-state index contributed by atoms with van der Waals surface area (Å²) in [5.74, 6) is 0. The van der Waals surface area contributed by atoms with Crippen LogP contribution in [0, 0.1) is 0 Å². The van der Waals surface area contributed by atoms with Crippen molar-refractivity contribution in [3.05, 3.63) is 30.1 Å². The summed E-state index contributed by atoms with van der Waals surface area (Å²) in [7, 11) is 0. The van der Waals surface area contributed by atoms with Gasteiger partial charge in [0.25, 0.3) is 6.10 Å². The molecule has 0 saturated carbocycles. The Labute approximate surface area is 53.5 Å². The van der Waals surface area contributed by atoms with E-state index in [2.05, 4.69) is 15.8 Å². The number of hydrogen-bond donors (Lipinski definition) is 0. The number of aromatic nitrogens is 1. The summed E-state index contributed by atoms with van der Waals surface area (Å²) in [5.41, 5.74) is 1.25. The van der Waals surface area contributed by atoms with E-state index < -0.39 is 0 Å². The Bertz CT molecular complexity index is 193. The molecule has 0 aromatic carbocycles. The van der Waals surface area contributed by atoms with Crippen molar-refractivity contribution in [1.29, 1.82) is 0 Å². The molecular weight excluding hydrogens is 114 g/mol. The number of rotatable bonds is 1. The van der Waals surface area contributed by atoms with Gasteiger partial charge in [-0.05, 0) is 12.1 Å². The Morgan fingerprint density at radius 1 is 1.67 bits per heavy atom. The van der Waals surface area contributed by atoms with Gasteiger partial charge in [-0.2, -0.15) is 0 Å². The molecule has 1 aliphatic heterocycles. The fourth-order valence-corrected chi connectivity index (χ4v) is 0.837. The lowest BCUT2D eigenvalue weighted by molar-refractivity contribution is 0.205. The molecule has 1 fully saturated rings. The molecule has 1 aliphatic rings. The number of aliphatic hydroxyl groups is 2. The second-order valence-electron chi connectivity index (χ2n) is 2.17. The lowest BCUT2D eigenvalue weighted by Gasteiger charge is -1.85. The monoisotopic (exact) mass is 122 g/mol. The Morgan fingerprint density at radius 3 is 3.11 bits per heavy atom. The molecule has 2 heterocycles. The van der Waals surface area contributed by atoms with Crippen molar-refractivity contribution in [2.24, 2.45) is 0 Å². The second-order valence-corrected chi connectivity index (χ2v) is 2.17. The molecule has 0 amide bonds. The maximum absolute atomic E-state index is 4.13. The van der Waals surface area contributed by atoms with E-state index in [0.717, 1.165) is 6.61 Å². The second kappa shape index (κ2) is 1.81. The van der Waals surface area contributed by atoms with Crippen molar-refractivity contribution in [3.8, 4) is 0 Å². The third-order valence-electron chi connectivity index (χ3n) is 1.43. The van der Waals surface area contributed by atoms with Gasteiger partial charge in [-0.15, -0.1) is 0 Å². The molecule has 2 nitrogen and oxygen atoms in total. The molecule has 46 valence electrons. The third-order valence-corrected chi connectivity index (χ3v) is 1.43. The zero-order chi connectivity index (χ0) is 6.10. The van der Waals surface area contributed by atoms with Gasteiger partial charge in [-0.1, -0.05) is 0 Å². The van der Waals surface area contributed by atoms with E-state index in [4.69, 9.17) is 0 Å². The summed E-state index contributed by atoms with van der Waals surface area (Å²) in [4.78, 5) is 3.99. The van der Waals surface area contributed by atoms with Crippen LogP contribution in [0.1, 0.15) is 11.7 Å². The average Bonchev–Trinajstić information content (AvgIpc) is 2.71. The highest BCUT2D eigenvalue weighted by atomic mass is 16.6. The van der Waals surface area contributed by atoms with E-state index in [9.17, 15) is 0 Å². The molecule has 1 atom stereocenters. The molecule has 2 heteroatoms. The predicted octanol–water partition coefficient (Wildman–Crippen LogP) is 0.664. The van der Waals surface area contributed by atoms with Crippen LogP contribution in [0.5, 0.6) is 0 Å². The van der Waals surface area contributed by atoms with Crippen LogP contribution < -0.4 is 0 Å². The van der Waals surface area contributed by atoms with Gasteiger partial charge in [0.05, 0.1) is 5.56 Å². The van der Waals surface area contributed by atoms with Crippen molar-refractivity contribution in [1.82, 2.24) is 4.98 Å². The highest BCUT2D eigenvalue weighted by Crippen LogP contribution is 2.24. The van der Waals surface area contributed by atoms with E-state index in [1.165, 1.54) is 5.56 Å². The summed E-state index contributed by atoms with van der Waals surface area (Å²) in [6.45, 7) is 0.992. The summed E-state index contributed by atoms with van der Waals surface area (Å²) in [5, 5.41) is 0. The predicted molar refractivity (Wildman–Crippen MR) is 34.1 cm³/mol. The summed E-state index contributed by atoms with van der Waals surface area (Å²) >= 11 is 0. The molecule has 0 aliphatic carbocycles. The maximum atomic E-state index is 4.13. The van der Waals surface area contributed by atoms with E-state index in [0.29, 0.717) is 6.10 Å². The smallest absolute Gasteiger partial charge is 0.252 e. The zero-order valence-corrected chi connectivity index (χ0v) is 4.99. The van der Waals surface area contributed by atoms with Gasteiger partial charge in [-0.3, -0.25) is 4.98 Å². The van der Waals surface area contributed by atoms with Crippen molar-refractivity contribution >= 4 is 0 Å². The maximum Gasteiger partial charge on any atom is 0.252 e. The highest BCUT2D eigenvalue weighted by Gasteiger charge is 2.32. The summed E-state index contributed by atoms with van der Waals surface area (Å²) < 4.78 is 4.13. The van der Waals surface area contributed by atoms with E-state index in [1.54, 1.807) is 6.20 Å². The molecule has 1 aromatic rings. The van der Waals surface area contributed by atoms with Crippen LogP contribution >= 0.6 is 0 Å². The molecule has 1 N–H and O–H groups in total. The Kier molecular flexibility index (Phi) is 0.993. The van der Waals surface area contributed by atoms with Gasteiger partial charge >= 0.3 is 0 Å². The minimum Gasteiger partial charge on any atom is -0.416 e. The standard InChI is InChI=1S/C7H7NO/c1-2-6(4-8-3-1)7-5-9-7/h1-4,7H,5H2/p+1. The first kappa shape index (κ1) is 4.94. The van der Waals surface area contributed by atoms with Crippen molar-refractivity contribution in [3.63, 3.8) is 0 Å². The number of hydrogen-bond acceptors (Lipinski definition) is 1. The Balaban J connectivity index is 2.29. The van der Waals surface area contributed by atoms with E-state index in [1.807, 2.05) is 12.3 Å². The highest BCUT2D eigenvalue weighted by molar-refractivity contribution is 5.14. The van der Waals surface area contributed by atoms with Gasteiger partial charge in [0.15, 0.2) is 0 Å². The Morgan fingerprint density at radius 2 is 2.56 bits per heavy atom. The first-order valence-electron chi connectivity index (χ1n) is 3.03. The SMILES string of the molecule is c1cncc(C2C[OH+]2)c1. The molecule has 2 rings (SSSR count). The zero-order valence-electron chi connectivity index (χ0n) is 4.99. The van der Waals surface area contributed by atoms with Crippen molar-refractivity contribution < 1.29 is 4.74 Å². The number of epoxide rings is 1. The van der Waals surface area contributed by atoms with Gasteiger partial charge in [-0.25, -0.2) is 0 Å². The molecule has 9 heavy (non-hydrogen) atoms. The molecule has 1 unspecified atom stereocenters. The molecule has 1 aromatic heterocycles. The van der Waals surface area contributed by atoms with Gasteiger partial charge in [0.1, 0.15) is 0 Å². The van der Waals surface area contributed by atoms with Crippen molar-refractivity contribution in [2.75, 3.05) is 6.61 Å². The first-order valence-corrected chi connectivity index (χ1v) is 3.03. The van der Waals surface area contributed by atoms with Crippen LogP contribution in [-0.2, 0) is 0 Å². The van der Waals surface area contributed by atoms with Crippen LogP contribution in [0.4, 0.5) is 0 Å². The van der Waals surface area contributed by atoms with E-state index in [-0.39, 0.29) is 0 Å². The van der Waals surface area contributed by atoms with Gasteiger partial charge in [0, 0.05) is 12.4 Å². The molecule has 1 saturated heterocycles. The van der Waals surface area contributed by atoms with Crippen LogP contribution in [0.2, 0.25) is 0 Å². The number of pyridine rings is 1. The molecule has 0 bridgehead atoms. The largest absolute Gasteiger partial charge is 0.416 e. The van der Waals surface area contributed by atoms with Crippen LogP contribution in [0.3, 0.4) is 0 Å². The average molecular weight is 122 g/mol. The molecule has 0 spiro atoms. The molecular formula is C7H8NO+. The van der Waals surface area contributed by atoms with E-state index >= 15 is 0 Å². The first-order chi connectivity index (χ1) is 4.47. The normalized spacial score (nSPS) is 23.8. The summed E-state index contributed by atoms with van der Waals surface area (Å²) in [6, 6.07) is 4.01. The quantitative estimate of drug-likeness (QED) is 0.397. The van der Waals surface area contributed by atoms with Gasteiger partial charge in [0.2, 0.25) is 6.61 Å². The number of nitrogens with zero attached hydrogens (tertiary/aromatic N) is 1. The third kappa shape index (κ3) is 0.933. The van der Waals surface area contributed by atoms with Crippen LogP contribution in [0.15, 0.2) is 24.5 Å². The van der Waals surface area contributed by atoms with Crippen LogP contribution in [-0.4, -0.2) is 16.3 Å². The van der Waals surface area contributed by atoms with Crippen LogP contribution in [0.25, 0.3) is 0 Å². The lowest BCUT2D eigenvalue weighted by atomic mass is 10.2. The topological polar surface area (TPSA) is 25.7 Å². The number of ether oxygens (including phenoxy) is 1. The Hall–Kier alpha value is -0.890. The van der Waals surface area contributed by atoms with Gasteiger partial charge < -0.3 is 4.74 Å². The minimum absolute atomic E-state index is 0.471. The lowest BCUT2D eigenvalue weighted by Crippen LogP contribution is -1.79.